The van der Waals surface area contributed by atoms with Crippen molar-refractivity contribution >= 4 is 15.9 Å². The van der Waals surface area contributed by atoms with Crippen molar-refractivity contribution in [1.82, 2.24) is 0 Å². The smallest absolute Gasteiger partial charge is 0.123 e. The molecule has 0 spiro atoms. The van der Waals surface area contributed by atoms with E-state index in [1.807, 2.05) is 37.3 Å². The van der Waals surface area contributed by atoms with Crippen LogP contribution in [0, 0.1) is 6.92 Å². The summed E-state index contributed by atoms with van der Waals surface area (Å²) in [7, 11) is 1.68. The van der Waals surface area contributed by atoms with Crippen molar-refractivity contribution in [2.45, 2.75) is 18.7 Å². The van der Waals surface area contributed by atoms with Crippen molar-refractivity contribution in [3.8, 4) is 11.5 Å². The summed E-state index contributed by atoms with van der Waals surface area (Å²) in [4.78, 5) is 0.108. The molecule has 0 N–H and O–H groups in total. The van der Waals surface area contributed by atoms with Crippen molar-refractivity contribution in [2.75, 3.05) is 13.7 Å². The largest absolute Gasteiger partial charge is 0.497 e. The molecule has 2 rings (SSSR count). The molecular weight excluding hydrogens is 316 g/mol. The fraction of sp³-hybridized carbons (Fsp3) is 0.294. The predicted octanol–water partition coefficient (Wildman–Crippen LogP) is 4.89. The van der Waals surface area contributed by atoms with Crippen LogP contribution in [-0.4, -0.2) is 13.7 Å². The van der Waals surface area contributed by atoms with Crippen LogP contribution < -0.4 is 9.47 Å². The molecule has 0 heterocycles. The van der Waals surface area contributed by atoms with Crippen molar-refractivity contribution < 1.29 is 9.47 Å². The number of rotatable bonds is 5. The number of hydrogen-bond donors (Lipinski definition) is 0. The lowest BCUT2D eigenvalue weighted by atomic mass is 9.99. The fourth-order valence-corrected chi connectivity index (χ4v) is 3.10. The molecule has 2 aromatic carbocycles. The molecule has 20 heavy (non-hydrogen) atoms. The lowest BCUT2D eigenvalue weighted by Gasteiger charge is -2.18. The summed E-state index contributed by atoms with van der Waals surface area (Å²) in [5.74, 6) is 1.80. The average Bonchev–Trinajstić information content (AvgIpc) is 2.47. The van der Waals surface area contributed by atoms with E-state index in [2.05, 4.69) is 35.0 Å². The maximum atomic E-state index is 5.71. The number of alkyl halides is 1. The summed E-state index contributed by atoms with van der Waals surface area (Å²) in [6, 6.07) is 14.3. The van der Waals surface area contributed by atoms with Gasteiger partial charge in [0.2, 0.25) is 0 Å². The number of halogens is 1. The van der Waals surface area contributed by atoms with Crippen LogP contribution in [0.15, 0.2) is 42.5 Å². The first kappa shape index (κ1) is 14.9. The SMILES string of the molecule is CCOc1ccccc1C(Br)c1ccc(OC)cc1C. The lowest BCUT2D eigenvalue weighted by molar-refractivity contribution is 0.337. The van der Waals surface area contributed by atoms with E-state index in [0.29, 0.717) is 6.61 Å². The topological polar surface area (TPSA) is 18.5 Å². The Morgan fingerprint density at radius 3 is 2.50 bits per heavy atom. The molecule has 106 valence electrons. The van der Waals surface area contributed by atoms with E-state index < -0.39 is 0 Å². The van der Waals surface area contributed by atoms with Crippen LogP contribution in [0.2, 0.25) is 0 Å². The number of methoxy groups -OCH3 is 1. The molecule has 0 aliphatic rings. The minimum Gasteiger partial charge on any atom is -0.497 e. The third-order valence-corrected chi connectivity index (χ3v) is 4.23. The Labute approximate surface area is 128 Å². The third kappa shape index (κ3) is 3.15. The summed E-state index contributed by atoms with van der Waals surface area (Å²) in [6.07, 6.45) is 0. The van der Waals surface area contributed by atoms with Gasteiger partial charge in [0.1, 0.15) is 11.5 Å². The van der Waals surface area contributed by atoms with Crippen LogP contribution >= 0.6 is 15.9 Å². The van der Waals surface area contributed by atoms with Crippen molar-refractivity contribution in [3.05, 3.63) is 59.2 Å². The monoisotopic (exact) mass is 334 g/mol. The van der Waals surface area contributed by atoms with Crippen molar-refractivity contribution in [1.29, 1.82) is 0 Å². The summed E-state index contributed by atoms with van der Waals surface area (Å²) in [6.45, 7) is 4.76. The van der Waals surface area contributed by atoms with Gasteiger partial charge in [-0.05, 0) is 43.2 Å². The molecule has 0 amide bonds. The van der Waals surface area contributed by atoms with Gasteiger partial charge in [-0.3, -0.25) is 0 Å². The van der Waals surface area contributed by atoms with Gasteiger partial charge in [0.05, 0.1) is 18.5 Å². The van der Waals surface area contributed by atoms with Crippen LogP contribution in [-0.2, 0) is 0 Å². The first-order valence-corrected chi connectivity index (χ1v) is 7.59. The minimum absolute atomic E-state index is 0.108. The van der Waals surface area contributed by atoms with E-state index in [1.54, 1.807) is 7.11 Å². The van der Waals surface area contributed by atoms with Gasteiger partial charge in [-0.25, -0.2) is 0 Å². The first-order chi connectivity index (χ1) is 9.67. The number of hydrogen-bond acceptors (Lipinski definition) is 2. The average molecular weight is 335 g/mol. The Hall–Kier alpha value is -1.48. The molecule has 1 unspecified atom stereocenters. The van der Waals surface area contributed by atoms with E-state index in [1.165, 1.54) is 11.1 Å². The van der Waals surface area contributed by atoms with Gasteiger partial charge < -0.3 is 9.47 Å². The summed E-state index contributed by atoms with van der Waals surface area (Å²) in [5.41, 5.74) is 3.55. The van der Waals surface area contributed by atoms with Gasteiger partial charge >= 0.3 is 0 Å². The van der Waals surface area contributed by atoms with Gasteiger partial charge in [-0.15, -0.1) is 0 Å². The molecule has 3 heteroatoms. The number of para-hydroxylation sites is 1. The highest BCUT2D eigenvalue weighted by Gasteiger charge is 2.17. The molecule has 0 aliphatic heterocycles. The zero-order valence-corrected chi connectivity index (χ0v) is 13.6. The Balaban J connectivity index is 2.38. The Kier molecular flexibility index (Phi) is 5.07. The van der Waals surface area contributed by atoms with Gasteiger partial charge in [-0.2, -0.15) is 0 Å². The molecule has 0 saturated carbocycles. The highest BCUT2D eigenvalue weighted by atomic mass is 79.9. The minimum atomic E-state index is 0.108. The van der Waals surface area contributed by atoms with E-state index in [4.69, 9.17) is 9.47 Å². The van der Waals surface area contributed by atoms with Crippen LogP contribution in [0.1, 0.15) is 28.4 Å². The second-order valence-corrected chi connectivity index (χ2v) is 5.47. The van der Waals surface area contributed by atoms with Gasteiger partial charge in [0.25, 0.3) is 0 Å². The Morgan fingerprint density at radius 1 is 1.10 bits per heavy atom. The van der Waals surface area contributed by atoms with Crippen molar-refractivity contribution in [3.63, 3.8) is 0 Å². The zero-order valence-electron chi connectivity index (χ0n) is 12.0. The third-order valence-electron chi connectivity index (χ3n) is 3.24. The normalized spacial score (nSPS) is 12.0. The molecule has 0 aliphatic carbocycles. The maximum Gasteiger partial charge on any atom is 0.123 e. The number of aryl methyl sites for hydroxylation is 1. The molecule has 1 atom stereocenters. The molecule has 0 fully saturated rings. The Morgan fingerprint density at radius 2 is 1.85 bits per heavy atom. The predicted molar refractivity (Wildman–Crippen MR) is 86.1 cm³/mol. The molecular formula is C17H19BrO2. The molecule has 2 aromatic rings. The number of ether oxygens (including phenoxy) is 2. The number of benzene rings is 2. The van der Waals surface area contributed by atoms with Crippen LogP contribution in [0.4, 0.5) is 0 Å². The van der Waals surface area contributed by atoms with E-state index in [-0.39, 0.29) is 4.83 Å². The highest BCUT2D eigenvalue weighted by Crippen LogP contribution is 2.38. The standard InChI is InChI=1S/C17H19BrO2/c1-4-20-16-8-6-5-7-15(16)17(18)14-10-9-13(19-3)11-12(14)2/h5-11,17H,4H2,1-3H3. The molecule has 0 aromatic heterocycles. The molecule has 0 saturated heterocycles. The Bertz CT molecular complexity index is 581. The lowest BCUT2D eigenvalue weighted by Crippen LogP contribution is -2.01. The molecule has 0 radical (unpaired) electrons. The summed E-state index contributed by atoms with van der Waals surface area (Å²) < 4.78 is 11.0. The van der Waals surface area contributed by atoms with Gasteiger partial charge in [0, 0.05) is 5.56 Å². The van der Waals surface area contributed by atoms with Crippen molar-refractivity contribution in [2.24, 2.45) is 0 Å². The van der Waals surface area contributed by atoms with Crippen LogP contribution in [0.5, 0.6) is 11.5 Å². The van der Waals surface area contributed by atoms with Crippen LogP contribution in [0.3, 0.4) is 0 Å². The zero-order chi connectivity index (χ0) is 14.5. The summed E-state index contributed by atoms with van der Waals surface area (Å²) in [5, 5.41) is 0. The van der Waals surface area contributed by atoms with Crippen LogP contribution in [0.25, 0.3) is 0 Å². The molecule has 0 bridgehead atoms. The summed E-state index contributed by atoms with van der Waals surface area (Å²) >= 11 is 3.79. The maximum absolute atomic E-state index is 5.71. The molecule has 2 nitrogen and oxygen atoms in total. The second kappa shape index (κ2) is 6.80. The van der Waals surface area contributed by atoms with E-state index in [0.717, 1.165) is 17.1 Å². The van der Waals surface area contributed by atoms with Gasteiger partial charge in [-0.1, -0.05) is 40.2 Å². The van der Waals surface area contributed by atoms with E-state index in [9.17, 15) is 0 Å². The second-order valence-electron chi connectivity index (χ2n) is 4.56. The highest BCUT2D eigenvalue weighted by molar-refractivity contribution is 9.09. The quantitative estimate of drug-likeness (QED) is 0.725. The van der Waals surface area contributed by atoms with E-state index >= 15 is 0 Å². The first-order valence-electron chi connectivity index (χ1n) is 6.67. The fourth-order valence-electron chi connectivity index (χ4n) is 2.20. The van der Waals surface area contributed by atoms with Gasteiger partial charge in [0.15, 0.2) is 0 Å².